The van der Waals surface area contributed by atoms with Crippen molar-refractivity contribution in [3.8, 4) is 5.75 Å². The number of aliphatic carboxylic acids is 1. The van der Waals surface area contributed by atoms with E-state index in [0.717, 1.165) is 22.4 Å². The van der Waals surface area contributed by atoms with Crippen LogP contribution in [0.5, 0.6) is 5.75 Å². The molecular formula is C20H30O3. The molecule has 1 aromatic rings. The molecule has 3 nitrogen and oxygen atoms in total. The highest BCUT2D eigenvalue weighted by Crippen LogP contribution is 2.41. The second kappa shape index (κ2) is 7.20. The number of hydrogen-bond donors (Lipinski definition) is 1. The van der Waals surface area contributed by atoms with Gasteiger partial charge in [0.15, 0.2) is 0 Å². The first-order chi connectivity index (χ1) is 10.5. The van der Waals surface area contributed by atoms with Crippen LogP contribution in [0.4, 0.5) is 0 Å². The molecule has 0 radical (unpaired) electrons. The third-order valence-electron chi connectivity index (χ3n) is 3.74. The summed E-state index contributed by atoms with van der Waals surface area (Å²) in [4.78, 5) is 10.9. The van der Waals surface area contributed by atoms with Gasteiger partial charge in [0, 0.05) is 17.5 Å². The van der Waals surface area contributed by atoms with Crippen molar-refractivity contribution in [1.29, 1.82) is 0 Å². The second-order valence-electron chi connectivity index (χ2n) is 8.01. The molecule has 1 aromatic carbocycles. The summed E-state index contributed by atoms with van der Waals surface area (Å²) < 4.78 is 6.02. The zero-order chi connectivity index (χ0) is 17.8. The lowest BCUT2D eigenvalue weighted by molar-refractivity contribution is -0.136. The summed E-state index contributed by atoms with van der Waals surface area (Å²) in [6.07, 6.45) is 2.42. The van der Waals surface area contributed by atoms with E-state index >= 15 is 0 Å². The van der Waals surface area contributed by atoms with E-state index in [2.05, 4.69) is 60.3 Å². The number of carboxylic acids is 1. The number of ether oxygens (including phenoxy) is 1. The molecule has 0 saturated heterocycles. The highest BCUT2D eigenvalue weighted by Gasteiger charge is 2.27. The highest BCUT2D eigenvalue weighted by molar-refractivity contribution is 5.67. The Bertz CT molecular complexity index is 537. The Morgan fingerprint density at radius 1 is 1.13 bits per heavy atom. The number of hydrogen-bond acceptors (Lipinski definition) is 2. The van der Waals surface area contributed by atoms with Crippen molar-refractivity contribution >= 4 is 5.97 Å². The van der Waals surface area contributed by atoms with Crippen molar-refractivity contribution < 1.29 is 14.6 Å². The van der Waals surface area contributed by atoms with E-state index < -0.39 is 5.97 Å². The lowest BCUT2D eigenvalue weighted by Crippen LogP contribution is -2.20. The van der Waals surface area contributed by atoms with Crippen LogP contribution in [0.2, 0.25) is 0 Å². The van der Waals surface area contributed by atoms with Gasteiger partial charge in [-0.2, -0.15) is 0 Å². The molecule has 0 unspecified atom stereocenters. The molecule has 0 amide bonds. The molecule has 0 bridgehead atoms. The molecule has 0 saturated carbocycles. The molecule has 0 fully saturated rings. The summed E-state index contributed by atoms with van der Waals surface area (Å²) in [5.41, 5.74) is 3.11. The van der Waals surface area contributed by atoms with E-state index in [0.29, 0.717) is 13.0 Å². The fourth-order valence-electron chi connectivity index (χ4n) is 2.50. The minimum atomic E-state index is -0.772. The molecule has 1 N–H and O–H groups in total. The molecule has 0 heterocycles. The minimum Gasteiger partial charge on any atom is -0.489 e. The van der Waals surface area contributed by atoms with E-state index in [1.165, 1.54) is 0 Å². The van der Waals surface area contributed by atoms with Gasteiger partial charge in [-0.3, -0.25) is 4.79 Å². The van der Waals surface area contributed by atoms with Gasteiger partial charge in [-0.05, 0) is 22.8 Å². The fraction of sp³-hybridized carbons (Fsp3) is 0.550. The van der Waals surface area contributed by atoms with Crippen molar-refractivity contribution in [3.63, 3.8) is 0 Å². The zero-order valence-corrected chi connectivity index (χ0v) is 15.3. The van der Waals surface area contributed by atoms with Crippen LogP contribution in [0.15, 0.2) is 24.8 Å². The topological polar surface area (TPSA) is 46.5 Å². The van der Waals surface area contributed by atoms with E-state index in [9.17, 15) is 4.79 Å². The largest absolute Gasteiger partial charge is 0.489 e. The maximum Gasteiger partial charge on any atom is 0.303 e. The van der Waals surface area contributed by atoms with Gasteiger partial charge >= 0.3 is 5.97 Å². The predicted octanol–water partition coefficient (Wildman–Crippen LogP) is 4.86. The molecule has 0 aliphatic carbocycles. The Hall–Kier alpha value is -1.77. The summed E-state index contributed by atoms with van der Waals surface area (Å²) in [6, 6.07) is 4.19. The Morgan fingerprint density at radius 3 is 1.96 bits per heavy atom. The SMILES string of the molecule is C=CCOc1c(C(C)(C)C)cc(CCC(=O)O)cc1C(C)(C)C. The lowest BCUT2D eigenvalue weighted by Gasteiger charge is -2.30. The Morgan fingerprint density at radius 2 is 1.61 bits per heavy atom. The molecule has 1 rings (SSSR count). The smallest absolute Gasteiger partial charge is 0.303 e. The first kappa shape index (κ1) is 19.3. The number of rotatable bonds is 6. The Labute approximate surface area is 140 Å². The van der Waals surface area contributed by atoms with Crippen molar-refractivity contribution in [2.75, 3.05) is 6.61 Å². The van der Waals surface area contributed by atoms with E-state index in [4.69, 9.17) is 9.84 Å². The Balaban J connectivity index is 3.51. The predicted molar refractivity (Wildman–Crippen MR) is 95.5 cm³/mol. The van der Waals surface area contributed by atoms with Gasteiger partial charge in [-0.25, -0.2) is 0 Å². The first-order valence-corrected chi connectivity index (χ1v) is 8.10. The fourth-order valence-corrected chi connectivity index (χ4v) is 2.50. The summed E-state index contributed by atoms with van der Waals surface area (Å²) in [5, 5.41) is 8.97. The Kier molecular flexibility index (Phi) is 6.04. The van der Waals surface area contributed by atoms with Gasteiger partial charge in [0.25, 0.3) is 0 Å². The lowest BCUT2D eigenvalue weighted by atomic mass is 9.78. The van der Waals surface area contributed by atoms with Crippen LogP contribution < -0.4 is 4.74 Å². The first-order valence-electron chi connectivity index (χ1n) is 8.10. The average Bonchev–Trinajstić information content (AvgIpc) is 2.40. The van der Waals surface area contributed by atoms with Crippen LogP contribution in [0, 0.1) is 0 Å². The van der Waals surface area contributed by atoms with E-state index in [1.54, 1.807) is 6.08 Å². The van der Waals surface area contributed by atoms with Crippen molar-refractivity contribution in [1.82, 2.24) is 0 Å². The van der Waals surface area contributed by atoms with Gasteiger partial charge in [-0.15, -0.1) is 0 Å². The average molecular weight is 318 g/mol. The normalized spacial score (nSPS) is 12.1. The van der Waals surface area contributed by atoms with Crippen LogP contribution in [-0.4, -0.2) is 17.7 Å². The van der Waals surface area contributed by atoms with Crippen molar-refractivity contribution in [3.05, 3.63) is 41.5 Å². The monoisotopic (exact) mass is 318 g/mol. The van der Waals surface area contributed by atoms with Crippen molar-refractivity contribution in [2.24, 2.45) is 0 Å². The quantitative estimate of drug-likeness (QED) is 0.762. The molecule has 0 aliphatic heterocycles. The summed E-state index contributed by atoms with van der Waals surface area (Å²) in [7, 11) is 0. The molecule has 0 spiro atoms. The third kappa shape index (κ3) is 5.42. The van der Waals surface area contributed by atoms with Crippen LogP contribution in [0.25, 0.3) is 0 Å². The molecular weight excluding hydrogens is 288 g/mol. The number of carboxylic acid groups (broad SMARTS) is 1. The number of benzene rings is 1. The van der Waals surface area contributed by atoms with Gasteiger partial charge in [0.2, 0.25) is 0 Å². The minimum absolute atomic E-state index is 0.0876. The summed E-state index contributed by atoms with van der Waals surface area (Å²) in [6.45, 7) is 17.1. The van der Waals surface area contributed by atoms with Gasteiger partial charge in [0.1, 0.15) is 12.4 Å². The molecule has 0 aromatic heterocycles. The number of aryl methyl sites for hydroxylation is 1. The summed E-state index contributed by atoms with van der Waals surface area (Å²) in [5.74, 6) is 0.135. The summed E-state index contributed by atoms with van der Waals surface area (Å²) >= 11 is 0. The second-order valence-corrected chi connectivity index (χ2v) is 8.01. The third-order valence-corrected chi connectivity index (χ3v) is 3.74. The molecule has 0 aliphatic rings. The van der Waals surface area contributed by atoms with Gasteiger partial charge in [-0.1, -0.05) is 66.3 Å². The highest BCUT2D eigenvalue weighted by atomic mass is 16.5. The van der Waals surface area contributed by atoms with Crippen molar-refractivity contribution in [2.45, 2.75) is 65.2 Å². The molecule has 3 heteroatoms. The molecule has 0 atom stereocenters. The zero-order valence-electron chi connectivity index (χ0n) is 15.3. The van der Waals surface area contributed by atoms with E-state index in [1.807, 2.05) is 0 Å². The van der Waals surface area contributed by atoms with E-state index in [-0.39, 0.29) is 17.3 Å². The maximum atomic E-state index is 10.9. The number of carbonyl (C=O) groups is 1. The maximum absolute atomic E-state index is 10.9. The molecule has 23 heavy (non-hydrogen) atoms. The van der Waals surface area contributed by atoms with Crippen LogP contribution in [0.1, 0.15) is 64.7 Å². The standard InChI is InChI=1S/C20H30O3/c1-8-11-23-18-15(19(2,3)4)12-14(9-10-17(21)22)13-16(18)20(5,6)7/h8,12-13H,1,9-11H2,2-7H3,(H,21,22). The van der Waals surface area contributed by atoms with Crippen LogP contribution in [0.3, 0.4) is 0 Å². The van der Waals surface area contributed by atoms with Crippen LogP contribution >= 0.6 is 0 Å². The molecule has 128 valence electrons. The van der Waals surface area contributed by atoms with Gasteiger partial charge < -0.3 is 9.84 Å². The van der Waals surface area contributed by atoms with Crippen LogP contribution in [-0.2, 0) is 22.0 Å². The van der Waals surface area contributed by atoms with Gasteiger partial charge in [0.05, 0.1) is 0 Å².